The van der Waals surface area contributed by atoms with E-state index in [0.717, 1.165) is 16.8 Å². The Bertz CT molecular complexity index is 817. The highest BCUT2D eigenvalue weighted by molar-refractivity contribution is 5.97. The normalized spacial score (nSPS) is 11.4. The molecule has 0 saturated carbocycles. The van der Waals surface area contributed by atoms with E-state index in [4.69, 9.17) is 0 Å². The molecule has 0 aromatic heterocycles. The highest BCUT2D eigenvalue weighted by atomic mass is 16.2. The monoisotopic (exact) mass is 383 g/mol. The molecule has 0 radical (unpaired) electrons. The van der Waals surface area contributed by atoms with Crippen LogP contribution in [0.25, 0.3) is 0 Å². The molecule has 1 atom stereocenters. The van der Waals surface area contributed by atoms with E-state index in [1.807, 2.05) is 50.2 Å². The minimum absolute atomic E-state index is 0.0378. The number of para-hydroxylation sites is 1. The van der Waals surface area contributed by atoms with Gasteiger partial charge in [0, 0.05) is 17.8 Å². The first kappa shape index (κ1) is 21.1. The minimum Gasteiger partial charge on any atom is -0.338 e. The zero-order valence-electron chi connectivity index (χ0n) is 16.4. The SMILES string of the molecule is CCNC(=O)NC(=O)[C@@H]([NH2+]CC(=O)Nc1c(C)cccc1C)c1ccccc1. The van der Waals surface area contributed by atoms with Crippen LogP contribution in [0.4, 0.5) is 10.5 Å². The molecule has 0 fully saturated rings. The van der Waals surface area contributed by atoms with Crippen LogP contribution in [0.15, 0.2) is 48.5 Å². The van der Waals surface area contributed by atoms with Crippen molar-refractivity contribution in [1.29, 1.82) is 0 Å². The fraction of sp³-hybridized carbons (Fsp3) is 0.286. The van der Waals surface area contributed by atoms with Crippen molar-refractivity contribution in [1.82, 2.24) is 10.6 Å². The maximum atomic E-state index is 12.6. The first-order valence-electron chi connectivity index (χ1n) is 9.25. The lowest BCUT2D eigenvalue weighted by atomic mass is 10.1. The van der Waals surface area contributed by atoms with E-state index in [1.165, 1.54) is 0 Å². The van der Waals surface area contributed by atoms with Crippen LogP contribution in [0.2, 0.25) is 0 Å². The Kier molecular flexibility index (Phi) is 7.71. The lowest BCUT2D eigenvalue weighted by Gasteiger charge is -2.16. The summed E-state index contributed by atoms with van der Waals surface area (Å²) in [5.74, 6) is -0.693. The molecule has 0 aliphatic heterocycles. The molecule has 0 heterocycles. The lowest BCUT2D eigenvalue weighted by Crippen LogP contribution is -2.89. The van der Waals surface area contributed by atoms with Crippen LogP contribution < -0.4 is 21.3 Å². The zero-order valence-corrected chi connectivity index (χ0v) is 16.4. The van der Waals surface area contributed by atoms with Crippen molar-refractivity contribution in [3.63, 3.8) is 0 Å². The molecule has 0 aliphatic rings. The molecule has 28 heavy (non-hydrogen) atoms. The van der Waals surface area contributed by atoms with Crippen LogP contribution >= 0.6 is 0 Å². The topological polar surface area (TPSA) is 104 Å². The van der Waals surface area contributed by atoms with Gasteiger partial charge in [0.25, 0.3) is 11.8 Å². The number of amides is 4. The Morgan fingerprint density at radius 3 is 2.21 bits per heavy atom. The van der Waals surface area contributed by atoms with Crippen LogP contribution in [0.1, 0.15) is 29.7 Å². The maximum absolute atomic E-state index is 12.6. The number of rotatable bonds is 7. The van der Waals surface area contributed by atoms with E-state index >= 15 is 0 Å². The highest BCUT2D eigenvalue weighted by Gasteiger charge is 2.26. The average molecular weight is 383 g/mol. The summed E-state index contributed by atoms with van der Waals surface area (Å²) in [6.45, 7) is 6.08. The van der Waals surface area contributed by atoms with Gasteiger partial charge in [0.2, 0.25) is 0 Å². The Balaban J connectivity index is 2.07. The molecule has 0 bridgehead atoms. The molecule has 0 aliphatic carbocycles. The summed E-state index contributed by atoms with van der Waals surface area (Å²) in [6.07, 6.45) is 0. The van der Waals surface area contributed by atoms with Gasteiger partial charge >= 0.3 is 6.03 Å². The second kappa shape index (κ2) is 10.2. The Morgan fingerprint density at radius 1 is 0.964 bits per heavy atom. The largest absolute Gasteiger partial charge is 0.338 e. The van der Waals surface area contributed by atoms with Crippen molar-refractivity contribution in [2.45, 2.75) is 26.8 Å². The van der Waals surface area contributed by atoms with Crippen LogP contribution in [0.3, 0.4) is 0 Å². The number of anilines is 1. The second-order valence-electron chi connectivity index (χ2n) is 6.49. The summed E-state index contributed by atoms with van der Waals surface area (Å²) in [7, 11) is 0. The van der Waals surface area contributed by atoms with Crippen molar-refractivity contribution in [2.24, 2.45) is 0 Å². The number of aryl methyl sites for hydroxylation is 2. The number of carbonyl (C=O) groups is 3. The molecule has 7 nitrogen and oxygen atoms in total. The molecular formula is C21H27N4O3+. The molecule has 0 unspecified atom stereocenters. The molecule has 5 N–H and O–H groups in total. The van der Waals surface area contributed by atoms with E-state index in [-0.39, 0.29) is 12.5 Å². The lowest BCUT2D eigenvalue weighted by molar-refractivity contribution is -0.672. The van der Waals surface area contributed by atoms with Crippen molar-refractivity contribution < 1.29 is 19.7 Å². The van der Waals surface area contributed by atoms with Gasteiger partial charge in [-0.2, -0.15) is 0 Å². The predicted molar refractivity (Wildman–Crippen MR) is 108 cm³/mol. The standard InChI is InChI=1S/C21H26N4O3/c1-4-22-21(28)25-20(27)19(16-11-6-5-7-12-16)23-13-17(26)24-18-14(2)9-8-10-15(18)3/h5-12,19,23H,4,13H2,1-3H3,(H,24,26)(H2,22,25,27,28)/p+1/t19-/m0/s1. The van der Waals surface area contributed by atoms with Crippen molar-refractivity contribution >= 4 is 23.5 Å². The van der Waals surface area contributed by atoms with Gasteiger partial charge < -0.3 is 16.0 Å². The van der Waals surface area contributed by atoms with Gasteiger partial charge in [0.15, 0.2) is 12.6 Å². The van der Waals surface area contributed by atoms with Gasteiger partial charge in [-0.1, -0.05) is 48.5 Å². The predicted octanol–water partition coefficient (Wildman–Crippen LogP) is 1.39. The van der Waals surface area contributed by atoms with Crippen molar-refractivity contribution in [3.8, 4) is 0 Å². The quantitative estimate of drug-likeness (QED) is 0.581. The number of quaternary nitrogens is 1. The third kappa shape index (κ3) is 5.92. The van der Waals surface area contributed by atoms with Gasteiger partial charge in [-0.05, 0) is 31.9 Å². The first-order chi connectivity index (χ1) is 13.4. The smallest absolute Gasteiger partial charge is 0.321 e. The summed E-state index contributed by atoms with van der Waals surface area (Å²) in [6, 6.07) is 13.6. The summed E-state index contributed by atoms with van der Waals surface area (Å²) in [4.78, 5) is 36.7. The van der Waals surface area contributed by atoms with Gasteiger partial charge in [-0.25, -0.2) is 4.79 Å². The van der Waals surface area contributed by atoms with Crippen LogP contribution in [0.5, 0.6) is 0 Å². The molecular weight excluding hydrogens is 356 g/mol. The van der Waals surface area contributed by atoms with Gasteiger partial charge in [0.05, 0.1) is 0 Å². The van der Waals surface area contributed by atoms with Crippen molar-refractivity contribution in [2.75, 3.05) is 18.4 Å². The summed E-state index contributed by atoms with van der Waals surface area (Å²) in [5.41, 5.74) is 3.44. The number of hydrogen-bond acceptors (Lipinski definition) is 3. The Morgan fingerprint density at radius 2 is 1.61 bits per heavy atom. The van der Waals surface area contributed by atoms with E-state index < -0.39 is 18.0 Å². The fourth-order valence-electron chi connectivity index (χ4n) is 2.88. The van der Waals surface area contributed by atoms with Crippen LogP contribution in [-0.4, -0.2) is 30.9 Å². The Labute approximate surface area is 164 Å². The summed E-state index contributed by atoms with van der Waals surface area (Å²) in [5, 5.41) is 9.37. The van der Waals surface area contributed by atoms with E-state index in [0.29, 0.717) is 12.1 Å². The second-order valence-corrected chi connectivity index (χ2v) is 6.49. The number of hydrogen-bond donors (Lipinski definition) is 4. The summed E-state index contributed by atoms with van der Waals surface area (Å²) < 4.78 is 0. The Hall–Kier alpha value is -3.19. The molecule has 148 valence electrons. The van der Waals surface area contributed by atoms with Gasteiger partial charge in [-0.3, -0.25) is 14.9 Å². The number of imide groups is 1. The van der Waals surface area contributed by atoms with Gasteiger partial charge in [0.1, 0.15) is 0 Å². The number of carbonyl (C=O) groups excluding carboxylic acids is 3. The number of urea groups is 1. The highest BCUT2D eigenvalue weighted by Crippen LogP contribution is 2.19. The molecule has 0 spiro atoms. The summed E-state index contributed by atoms with van der Waals surface area (Å²) >= 11 is 0. The van der Waals surface area contributed by atoms with Crippen LogP contribution in [-0.2, 0) is 9.59 Å². The maximum Gasteiger partial charge on any atom is 0.321 e. The zero-order chi connectivity index (χ0) is 20.5. The molecule has 4 amide bonds. The van der Waals surface area contributed by atoms with E-state index in [2.05, 4.69) is 16.0 Å². The molecule has 2 rings (SSSR count). The average Bonchev–Trinajstić information content (AvgIpc) is 2.66. The number of nitrogens with two attached hydrogens (primary N) is 1. The molecule has 7 heteroatoms. The molecule has 2 aromatic carbocycles. The van der Waals surface area contributed by atoms with E-state index in [1.54, 1.807) is 24.4 Å². The number of nitrogens with one attached hydrogen (secondary N) is 3. The third-order valence-corrected chi connectivity index (χ3v) is 4.30. The molecule has 2 aromatic rings. The van der Waals surface area contributed by atoms with Crippen LogP contribution in [0, 0.1) is 13.8 Å². The minimum atomic E-state index is -0.715. The third-order valence-electron chi connectivity index (χ3n) is 4.30. The first-order valence-corrected chi connectivity index (χ1v) is 9.25. The van der Waals surface area contributed by atoms with Gasteiger partial charge in [-0.15, -0.1) is 0 Å². The number of benzene rings is 2. The molecule has 0 saturated heterocycles. The van der Waals surface area contributed by atoms with Crippen molar-refractivity contribution in [3.05, 3.63) is 65.2 Å². The van der Waals surface area contributed by atoms with E-state index in [9.17, 15) is 14.4 Å². The fourth-order valence-corrected chi connectivity index (χ4v) is 2.88.